The second-order valence-corrected chi connectivity index (χ2v) is 2.00. The number of halogens is 5. The minimum absolute atomic E-state index is 1.35. The van der Waals surface area contributed by atoms with Crippen molar-refractivity contribution < 1.29 is 22.0 Å². The van der Waals surface area contributed by atoms with Crippen LogP contribution in [0.25, 0.3) is 0 Å². The molecule has 1 fully saturated rings. The van der Waals surface area contributed by atoms with Crippen LogP contribution in [0.3, 0.4) is 0 Å². The molecule has 0 aromatic carbocycles. The molecule has 0 aromatic heterocycles. The van der Waals surface area contributed by atoms with Gasteiger partial charge in [0.1, 0.15) is 0 Å². The molecule has 1 atom stereocenters. The first-order chi connectivity index (χ1) is 3.88. The molecule has 5 heteroatoms. The monoisotopic (exact) mass is 146 g/mol. The van der Waals surface area contributed by atoms with Gasteiger partial charge in [-0.3, -0.25) is 0 Å². The Kier molecular flexibility index (Phi) is 1.04. The minimum atomic E-state index is -4.42. The normalized spacial score (nSPS) is 37.7. The van der Waals surface area contributed by atoms with E-state index in [4.69, 9.17) is 0 Å². The van der Waals surface area contributed by atoms with E-state index >= 15 is 0 Å². The van der Waals surface area contributed by atoms with Crippen LogP contribution in [0, 0.1) is 0 Å². The first-order valence-electron chi connectivity index (χ1n) is 2.27. The van der Waals surface area contributed by atoms with E-state index in [2.05, 4.69) is 0 Å². The van der Waals surface area contributed by atoms with Crippen molar-refractivity contribution in [1.29, 1.82) is 0 Å². The van der Waals surface area contributed by atoms with E-state index in [1.165, 1.54) is 0 Å². The lowest BCUT2D eigenvalue weighted by Crippen LogP contribution is -2.60. The highest BCUT2D eigenvalue weighted by atomic mass is 19.3. The van der Waals surface area contributed by atoms with Crippen LogP contribution < -0.4 is 0 Å². The van der Waals surface area contributed by atoms with Crippen molar-refractivity contribution in [3.8, 4) is 0 Å². The zero-order chi connectivity index (χ0) is 7.28. The molecule has 1 saturated carbocycles. The van der Waals surface area contributed by atoms with E-state index in [9.17, 15) is 22.0 Å². The third kappa shape index (κ3) is 0.632. The summed E-state index contributed by atoms with van der Waals surface area (Å²) in [7, 11) is 0. The summed E-state index contributed by atoms with van der Waals surface area (Å²) in [6.45, 7) is 0. The fraction of sp³-hybridized carbons (Fsp3) is 1.00. The highest BCUT2D eigenvalue weighted by Gasteiger charge is 2.72. The van der Waals surface area contributed by atoms with Crippen LogP contribution in [0.1, 0.15) is 6.42 Å². The van der Waals surface area contributed by atoms with Gasteiger partial charge in [-0.1, -0.05) is 0 Å². The van der Waals surface area contributed by atoms with Gasteiger partial charge in [-0.2, -0.15) is 17.6 Å². The summed E-state index contributed by atoms with van der Waals surface area (Å²) in [5.41, 5.74) is 0. The number of hydrogen-bond donors (Lipinski definition) is 0. The van der Waals surface area contributed by atoms with Gasteiger partial charge < -0.3 is 0 Å². The smallest absolute Gasteiger partial charge is 0.240 e. The van der Waals surface area contributed by atoms with E-state index in [0.717, 1.165) is 0 Å². The zero-order valence-electron chi connectivity index (χ0n) is 4.17. The topological polar surface area (TPSA) is 0 Å². The second kappa shape index (κ2) is 1.38. The second-order valence-electron chi connectivity index (χ2n) is 2.00. The maximum Gasteiger partial charge on any atom is 0.340 e. The summed E-state index contributed by atoms with van der Waals surface area (Å²) in [6, 6.07) is 0. The first kappa shape index (κ1) is 6.77. The van der Waals surface area contributed by atoms with Crippen LogP contribution in [-0.4, -0.2) is 18.0 Å². The predicted octanol–water partition coefficient (Wildman–Crippen LogP) is 2.00. The van der Waals surface area contributed by atoms with Crippen LogP contribution in [0.2, 0.25) is 0 Å². The van der Waals surface area contributed by atoms with Gasteiger partial charge in [0.15, 0.2) is 6.17 Å². The average molecular weight is 146 g/mol. The predicted molar refractivity (Wildman–Crippen MR) is 19.4 cm³/mol. The van der Waals surface area contributed by atoms with Crippen molar-refractivity contribution in [2.24, 2.45) is 0 Å². The highest BCUT2D eigenvalue weighted by Crippen LogP contribution is 2.52. The van der Waals surface area contributed by atoms with E-state index < -0.39 is 24.4 Å². The summed E-state index contributed by atoms with van der Waals surface area (Å²) >= 11 is 0. The highest BCUT2D eigenvalue weighted by molar-refractivity contribution is 5.03. The van der Waals surface area contributed by atoms with Gasteiger partial charge in [0.25, 0.3) is 0 Å². The van der Waals surface area contributed by atoms with Crippen LogP contribution in [0.15, 0.2) is 0 Å². The Morgan fingerprint density at radius 3 is 1.56 bits per heavy atom. The lowest BCUT2D eigenvalue weighted by Gasteiger charge is -2.38. The lowest BCUT2D eigenvalue weighted by molar-refractivity contribution is -0.313. The van der Waals surface area contributed by atoms with Crippen LogP contribution in [0.4, 0.5) is 22.0 Å². The van der Waals surface area contributed by atoms with E-state index in [1.807, 2.05) is 0 Å². The maximum absolute atomic E-state index is 11.6. The third-order valence-corrected chi connectivity index (χ3v) is 1.32. The van der Waals surface area contributed by atoms with Crippen molar-refractivity contribution in [3.63, 3.8) is 0 Å². The largest absolute Gasteiger partial charge is 0.340 e. The molecule has 0 nitrogen and oxygen atoms in total. The van der Waals surface area contributed by atoms with Gasteiger partial charge in [-0.05, 0) is 0 Å². The summed E-state index contributed by atoms with van der Waals surface area (Å²) in [4.78, 5) is 0. The molecule has 54 valence electrons. The molecule has 0 heterocycles. The first-order valence-corrected chi connectivity index (χ1v) is 2.27. The van der Waals surface area contributed by atoms with Crippen molar-refractivity contribution in [2.75, 3.05) is 0 Å². The van der Waals surface area contributed by atoms with Gasteiger partial charge >= 0.3 is 11.8 Å². The molecule has 0 N–H and O–H groups in total. The molecule has 9 heavy (non-hydrogen) atoms. The van der Waals surface area contributed by atoms with Crippen molar-refractivity contribution in [3.05, 3.63) is 0 Å². The fourth-order valence-corrected chi connectivity index (χ4v) is 0.587. The Labute approximate surface area is 47.7 Å². The molecular formula is C4H3F5. The fourth-order valence-electron chi connectivity index (χ4n) is 0.587. The Balaban J connectivity index is 2.70. The summed E-state index contributed by atoms with van der Waals surface area (Å²) in [6.07, 6.45) is -4.01. The zero-order valence-corrected chi connectivity index (χ0v) is 4.17. The van der Waals surface area contributed by atoms with Gasteiger partial charge in [-0.25, -0.2) is 4.39 Å². The Bertz CT molecular complexity index is 129. The molecule has 1 rings (SSSR count). The van der Waals surface area contributed by atoms with Crippen LogP contribution in [-0.2, 0) is 0 Å². The Hall–Kier alpha value is -0.350. The van der Waals surface area contributed by atoms with Crippen molar-refractivity contribution in [2.45, 2.75) is 24.4 Å². The molecule has 0 aliphatic heterocycles. The average Bonchev–Trinajstić information content (AvgIpc) is 1.65. The standard InChI is InChI=1S/C4H3F5/c5-2-1-3(6,7)4(2,8)9/h2H,1H2/t2-/m0/s1. The van der Waals surface area contributed by atoms with Gasteiger partial charge in [-0.15, -0.1) is 0 Å². The maximum atomic E-state index is 11.6. The SMILES string of the molecule is F[C@H]1CC(F)(F)C1(F)F. The number of alkyl halides is 5. The van der Waals surface area contributed by atoms with Gasteiger partial charge in [0, 0.05) is 0 Å². The van der Waals surface area contributed by atoms with Crippen LogP contribution >= 0.6 is 0 Å². The van der Waals surface area contributed by atoms with Crippen molar-refractivity contribution >= 4 is 0 Å². The molecule has 1 aliphatic carbocycles. The lowest BCUT2D eigenvalue weighted by atomic mass is 9.87. The summed E-state index contributed by atoms with van der Waals surface area (Å²) < 4.78 is 57.9. The Morgan fingerprint density at radius 2 is 1.56 bits per heavy atom. The molecule has 0 spiro atoms. The summed E-state index contributed by atoms with van der Waals surface area (Å²) in [5, 5.41) is 0. The van der Waals surface area contributed by atoms with E-state index in [-0.39, 0.29) is 0 Å². The molecule has 0 aromatic rings. The Morgan fingerprint density at radius 1 is 1.11 bits per heavy atom. The molecule has 0 amide bonds. The third-order valence-electron chi connectivity index (χ3n) is 1.32. The van der Waals surface area contributed by atoms with Crippen molar-refractivity contribution in [1.82, 2.24) is 0 Å². The number of hydrogen-bond acceptors (Lipinski definition) is 0. The number of rotatable bonds is 0. The minimum Gasteiger partial charge on any atom is -0.240 e. The van der Waals surface area contributed by atoms with Crippen LogP contribution in [0.5, 0.6) is 0 Å². The van der Waals surface area contributed by atoms with Gasteiger partial charge in [0.2, 0.25) is 0 Å². The van der Waals surface area contributed by atoms with E-state index in [0.29, 0.717) is 0 Å². The summed E-state index contributed by atoms with van der Waals surface area (Å²) in [5.74, 6) is -8.54. The molecule has 0 bridgehead atoms. The van der Waals surface area contributed by atoms with E-state index in [1.54, 1.807) is 0 Å². The molecule has 0 radical (unpaired) electrons. The molecular weight excluding hydrogens is 143 g/mol. The molecule has 0 unspecified atom stereocenters. The van der Waals surface area contributed by atoms with Gasteiger partial charge in [0.05, 0.1) is 6.42 Å². The molecule has 1 aliphatic rings. The quantitative estimate of drug-likeness (QED) is 0.458. The molecule has 0 saturated heterocycles.